The molecule has 6 heteroatoms. The first-order chi connectivity index (χ1) is 10.5. The Kier molecular flexibility index (Phi) is 4.22. The number of pyridine rings is 1. The number of carbonyl (C=O) groups is 1. The number of rotatable bonds is 3. The quantitative estimate of drug-likeness (QED) is 0.938. The maximum Gasteiger partial charge on any atom is 0.265 e. The van der Waals surface area contributed by atoms with E-state index in [0.29, 0.717) is 18.0 Å². The highest BCUT2D eigenvalue weighted by atomic mass is 32.1. The molecule has 5 nitrogen and oxygen atoms in total. The lowest BCUT2D eigenvalue weighted by Gasteiger charge is -2.15. The highest BCUT2D eigenvalue weighted by Crippen LogP contribution is 2.26. The lowest BCUT2D eigenvalue weighted by molar-refractivity contribution is 0.0768. The van der Waals surface area contributed by atoms with E-state index in [1.54, 1.807) is 17.3 Å². The van der Waals surface area contributed by atoms with E-state index < -0.39 is 6.10 Å². The molecular weight excluding hydrogens is 298 g/mol. The van der Waals surface area contributed by atoms with E-state index in [1.807, 2.05) is 26.0 Å². The van der Waals surface area contributed by atoms with Crippen molar-refractivity contribution in [3.63, 3.8) is 0 Å². The first-order valence-corrected chi connectivity index (χ1v) is 8.16. The third-order valence-electron chi connectivity index (χ3n) is 4.04. The summed E-state index contributed by atoms with van der Waals surface area (Å²) in [5, 5.41) is 11.2. The lowest BCUT2D eigenvalue weighted by atomic mass is 9.97. The molecule has 0 bridgehead atoms. The number of nitrogens with zero attached hydrogens (tertiary/aromatic N) is 3. The molecule has 0 saturated carbocycles. The van der Waals surface area contributed by atoms with Crippen molar-refractivity contribution >= 4 is 17.2 Å². The van der Waals surface area contributed by atoms with Crippen LogP contribution in [0.2, 0.25) is 0 Å². The standard InChI is InChI=1S/C16H19N3O2S/c1-10-15(22-11(2)18-10)16(21)19-8-13(14(20)9-19)7-12-3-5-17-6-4-12/h3-6,13-14,20H,7-9H2,1-2H3/t13-,14-/m1/s1. The van der Waals surface area contributed by atoms with E-state index in [9.17, 15) is 9.90 Å². The molecule has 22 heavy (non-hydrogen) atoms. The van der Waals surface area contributed by atoms with E-state index in [-0.39, 0.29) is 11.8 Å². The smallest absolute Gasteiger partial charge is 0.265 e. The summed E-state index contributed by atoms with van der Waals surface area (Å²) in [5.74, 6) is 0.0556. The SMILES string of the molecule is Cc1nc(C)c(C(=O)N2C[C@@H](Cc3ccncc3)[C@H](O)C2)s1. The van der Waals surface area contributed by atoms with Gasteiger partial charge in [0.1, 0.15) is 4.88 Å². The minimum absolute atomic E-state index is 0.0145. The zero-order valence-corrected chi connectivity index (χ0v) is 13.5. The number of aromatic nitrogens is 2. The van der Waals surface area contributed by atoms with Crippen molar-refractivity contribution in [2.24, 2.45) is 5.92 Å². The molecule has 0 unspecified atom stereocenters. The van der Waals surface area contributed by atoms with Crippen molar-refractivity contribution in [2.45, 2.75) is 26.4 Å². The van der Waals surface area contributed by atoms with Crippen LogP contribution in [0.25, 0.3) is 0 Å². The second-order valence-corrected chi connectivity index (χ2v) is 6.95. The van der Waals surface area contributed by atoms with Gasteiger partial charge in [0.25, 0.3) is 5.91 Å². The van der Waals surface area contributed by atoms with Gasteiger partial charge >= 0.3 is 0 Å². The van der Waals surface area contributed by atoms with Crippen LogP contribution in [0.3, 0.4) is 0 Å². The number of aryl methyl sites for hydroxylation is 2. The van der Waals surface area contributed by atoms with Gasteiger partial charge in [0.2, 0.25) is 0 Å². The number of β-amino-alcohol motifs (C(OH)–C–C–N with tert-alkyl or cyclic N) is 1. The number of amides is 1. The van der Waals surface area contributed by atoms with E-state index in [2.05, 4.69) is 9.97 Å². The largest absolute Gasteiger partial charge is 0.391 e. The lowest BCUT2D eigenvalue weighted by Crippen LogP contribution is -2.29. The van der Waals surface area contributed by atoms with Crippen LogP contribution in [-0.4, -0.2) is 45.1 Å². The van der Waals surface area contributed by atoms with Crippen molar-refractivity contribution in [1.29, 1.82) is 0 Å². The number of likely N-dealkylation sites (tertiary alicyclic amines) is 1. The van der Waals surface area contributed by atoms with Crippen molar-refractivity contribution in [3.05, 3.63) is 45.7 Å². The maximum atomic E-state index is 12.6. The summed E-state index contributed by atoms with van der Waals surface area (Å²) in [6.45, 7) is 4.74. The first kappa shape index (κ1) is 15.1. The summed E-state index contributed by atoms with van der Waals surface area (Å²) in [5.41, 5.74) is 1.91. The average Bonchev–Trinajstić information content (AvgIpc) is 3.02. The molecule has 1 aliphatic heterocycles. The Labute approximate surface area is 133 Å². The average molecular weight is 317 g/mol. The Bertz CT molecular complexity index is 671. The van der Waals surface area contributed by atoms with Crippen LogP contribution in [0, 0.1) is 19.8 Å². The predicted molar refractivity (Wildman–Crippen MR) is 84.9 cm³/mol. The molecule has 1 N–H and O–H groups in total. The molecule has 0 radical (unpaired) electrons. The second-order valence-electron chi connectivity index (χ2n) is 5.74. The van der Waals surface area contributed by atoms with Crippen LogP contribution in [0.1, 0.15) is 25.9 Å². The molecule has 0 aliphatic carbocycles. The minimum atomic E-state index is -0.480. The normalized spacial score (nSPS) is 21.3. The highest BCUT2D eigenvalue weighted by molar-refractivity contribution is 7.13. The van der Waals surface area contributed by atoms with Crippen molar-refractivity contribution in [3.8, 4) is 0 Å². The summed E-state index contributed by atoms with van der Waals surface area (Å²) in [7, 11) is 0. The van der Waals surface area contributed by atoms with Crippen molar-refractivity contribution in [2.75, 3.05) is 13.1 Å². The van der Waals surface area contributed by atoms with Crippen molar-refractivity contribution in [1.82, 2.24) is 14.9 Å². The molecule has 2 atom stereocenters. The fraction of sp³-hybridized carbons (Fsp3) is 0.438. The molecule has 1 amide bonds. The monoisotopic (exact) mass is 317 g/mol. The Hall–Kier alpha value is -1.79. The van der Waals surface area contributed by atoms with E-state index in [4.69, 9.17) is 0 Å². The Morgan fingerprint density at radius 1 is 1.36 bits per heavy atom. The number of aliphatic hydroxyl groups is 1. The molecule has 0 aromatic carbocycles. The minimum Gasteiger partial charge on any atom is -0.391 e. The van der Waals surface area contributed by atoms with Crippen LogP contribution < -0.4 is 0 Å². The molecule has 1 saturated heterocycles. The molecule has 2 aromatic rings. The number of hydrogen-bond donors (Lipinski definition) is 1. The number of thiazole rings is 1. The zero-order valence-electron chi connectivity index (χ0n) is 12.7. The van der Waals surface area contributed by atoms with Gasteiger partial charge in [-0.3, -0.25) is 9.78 Å². The van der Waals surface area contributed by atoms with Gasteiger partial charge in [0, 0.05) is 31.4 Å². The molecule has 3 rings (SSSR count). The van der Waals surface area contributed by atoms with Gasteiger partial charge in [0.05, 0.1) is 16.8 Å². The summed E-state index contributed by atoms with van der Waals surface area (Å²) in [4.78, 5) is 23.3. The number of hydrogen-bond acceptors (Lipinski definition) is 5. The van der Waals surface area contributed by atoms with Crippen LogP contribution in [-0.2, 0) is 6.42 Å². The molecule has 2 aromatic heterocycles. The van der Waals surface area contributed by atoms with Gasteiger partial charge in [-0.05, 0) is 38.0 Å². The summed E-state index contributed by atoms with van der Waals surface area (Å²) < 4.78 is 0. The number of aliphatic hydroxyl groups excluding tert-OH is 1. The molecule has 1 aliphatic rings. The summed E-state index contributed by atoms with van der Waals surface area (Å²) >= 11 is 1.42. The van der Waals surface area contributed by atoms with E-state index in [0.717, 1.165) is 22.7 Å². The van der Waals surface area contributed by atoms with Gasteiger partial charge in [0.15, 0.2) is 0 Å². The van der Waals surface area contributed by atoms with E-state index >= 15 is 0 Å². The van der Waals surface area contributed by atoms with E-state index in [1.165, 1.54) is 11.3 Å². The highest BCUT2D eigenvalue weighted by Gasteiger charge is 2.35. The fourth-order valence-electron chi connectivity index (χ4n) is 2.92. The van der Waals surface area contributed by atoms with Crippen LogP contribution in [0.15, 0.2) is 24.5 Å². The Balaban J connectivity index is 1.70. The van der Waals surface area contributed by atoms with Gasteiger partial charge in [-0.15, -0.1) is 11.3 Å². The third-order valence-corrected chi connectivity index (χ3v) is 5.10. The summed E-state index contributed by atoms with van der Waals surface area (Å²) in [6.07, 6.45) is 3.78. The van der Waals surface area contributed by atoms with Crippen LogP contribution in [0.4, 0.5) is 0 Å². The van der Waals surface area contributed by atoms with Crippen LogP contribution in [0.5, 0.6) is 0 Å². The predicted octanol–water partition coefficient (Wildman–Crippen LogP) is 1.83. The number of carbonyl (C=O) groups excluding carboxylic acids is 1. The maximum absolute atomic E-state index is 12.6. The molecule has 0 spiro atoms. The van der Waals surface area contributed by atoms with Gasteiger partial charge in [-0.2, -0.15) is 0 Å². The summed E-state index contributed by atoms with van der Waals surface area (Å²) in [6, 6.07) is 3.90. The van der Waals surface area contributed by atoms with Crippen molar-refractivity contribution < 1.29 is 9.90 Å². The third kappa shape index (κ3) is 3.03. The zero-order chi connectivity index (χ0) is 15.7. The van der Waals surface area contributed by atoms with Gasteiger partial charge < -0.3 is 10.0 Å². The Morgan fingerprint density at radius 2 is 2.09 bits per heavy atom. The van der Waals surface area contributed by atoms with Gasteiger partial charge in [-0.1, -0.05) is 0 Å². The first-order valence-electron chi connectivity index (χ1n) is 7.35. The molecular formula is C16H19N3O2S. The second kappa shape index (κ2) is 6.14. The fourth-order valence-corrected chi connectivity index (χ4v) is 3.80. The molecule has 3 heterocycles. The molecule has 1 fully saturated rings. The topological polar surface area (TPSA) is 66.3 Å². The van der Waals surface area contributed by atoms with Crippen LogP contribution >= 0.6 is 11.3 Å². The Morgan fingerprint density at radius 3 is 2.73 bits per heavy atom. The molecule has 116 valence electrons. The van der Waals surface area contributed by atoms with Gasteiger partial charge in [-0.25, -0.2) is 4.98 Å².